The number of hydrogen-bond acceptors (Lipinski definition) is 3. The Labute approximate surface area is 158 Å². The molecule has 0 aromatic heterocycles. The normalized spacial score (nSPS) is 15.2. The van der Waals surface area contributed by atoms with E-state index < -0.39 is 17.6 Å². The van der Waals surface area contributed by atoms with Crippen molar-refractivity contribution in [1.82, 2.24) is 0 Å². The maximum Gasteiger partial charge on any atom is 0.416 e. The summed E-state index contributed by atoms with van der Waals surface area (Å²) in [6.07, 6.45) is -4.50. The van der Waals surface area contributed by atoms with Gasteiger partial charge in [-0.3, -0.25) is 9.69 Å². The zero-order valence-corrected chi connectivity index (χ0v) is 14.3. The number of rotatable bonds is 2. The molecule has 3 aromatic carbocycles. The standard InChI is InChI=1S/C21H13F3N2O2/c22-21(23,24)13-6-5-7-14(12-13)25-19-15-8-1-2-9-16(15)26(20(19)28)17-10-3-4-11-18(17)27/h1-12,27H. The molecule has 7 heteroatoms. The lowest BCUT2D eigenvalue weighted by atomic mass is 10.1. The van der Waals surface area contributed by atoms with Gasteiger partial charge in [-0.2, -0.15) is 13.2 Å². The number of aromatic hydroxyl groups is 1. The number of fused-ring (bicyclic) bond motifs is 1. The van der Waals surface area contributed by atoms with Crippen molar-refractivity contribution in [2.45, 2.75) is 6.18 Å². The van der Waals surface area contributed by atoms with E-state index in [-0.39, 0.29) is 22.8 Å². The fourth-order valence-electron chi connectivity index (χ4n) is 3.08. The molecule has 1 aliphatic heterocycles. The number of carbonyl (C=O) groups is 1. The SMILES string of the molecule is O=C1C(=Nc2cccc(C(F)(F)F)c2)c2ccccc2N1c1ccccc1O. The molecule has 140 valence electrons. The zero-order valence-electron chi connectivity index (χ0n) is 14.3. The van der Waals surface area contributed by atoms with Crippen LogP contribution in [0.1, 0.15) is 11.1 Å². The van der Waals surface area contributed by atoms with Crippen LogP contribution >= 0.6 is 0 Å². The number of alkyl halides is 3. The van der Waals surface area contributed by atoms with Gasteiger partial charge in [0.25, 0.3) is 5.91 Å². The molecule has 4 rings (SSSR count). The molecular formula is C21H13F3N2O2. The number of phenols is 1. The molecule has 0 saturated heterocycles. The molecule has 0 aliphatic carbocycles. The molecule has 1 N–H and O–H groups in total. The van der Waals surface area contributed by atoms with Crippen LogP contribution in [0.5, 0.6) is 5.75 Å². The van der Waals surface area contributed by atoms with Crippen molar-refractivity contribution in [3.63, 3.8) is 0 Å². The van der Waals surface area contributed by atoms with Crippen LogP contribution in [0.15, 0.2) is 77.8 Å². The van der Waals surface area contributed by atoms with E-state index in [1.54, 1.807) is 42.5 Å². The zero-order chi connectivity index (χ0) is 19.9. The summed E-state index contributed by atoms with van der Waals surface area (Å²) in [6, 6.07) is 17.6. The quantitative estimate of drug-likeness (QED) is 0.662. The van der Waals surface area contributed by atoms with E-state index in [9.17, 15) is 23.1 Å². The van der Waals surface area contributed by atoms with Crippen LogP contribution in [0.25, 0.3) is 0 Å². The number of amides is 1. The summed E-state index contributed by atoms with van der Waals surface area (Å²) in [6.45, 7) is 0. The molecular weight excluding hydrogens is 369 g/mol. The third-order valence-electron chi connectivity index (χ3n) is 4.34. The van der Waals surface area contributed by atoms with Gasteiger partial charge in [-0.05, 0) is 36.4 Å². The van der Waals surface area contributed by atoms with Crippen molar-refractivity contribution >= 4 is 28.7 Å². The molecule has 0 saturated carbocycles. The number of anilines is 2. The van der Waals surface area contributed by atoms with Gasteiger partial charge in [0.05, 0.1) is 22.6 Å². The number of phenolic OH excluding ortho intramolecular Hbond substituents is 1. The van der Waals surface area contributed by atoms with Gasteiger partial charge < -0.3 is 5.11 Å². The molecule has 0 atom stereocenters. The molecule has 4 nitrogen and oxygen atoms in total. The Morgan fingerprint density at radius 3 is 2.25 bits per heavy atom. The number of para-hydroxylation sites is 3. The Balaban J connectivity index is 1.85. The van der Waals surface area contributed by atoms with Gasteiger partial charge >= 0.3 is 6.18 Å². The smallest absolute Gasteiger partial charge is 0.416 e. The summed E-state index contributed by atoms with van der Waals surface area (Å²) >= 11 is 0. The van der Waals surface area contributed by atoms with Crippen LogP contribution in [-0.2, 0) is 11.0 Å². The van der Waals surface area contributed by atoms with Crippen LogP contribution in [0.4, 0.5) is 30.2 Å². The Hall–Kier alpha value is -3.61. The van der Waals surface area contributed by atoms with E-state index in [0.29, 0.717) is 11.3 Å². The van der Waals surface area contributed by atoms with E-state index in [1.165, 1.54) is 23.1 Å². The van der Waals surface area contributed by atoms with Crippen molar-refractivity contribution in [1.29, 1.82) is 0 Å². The van der Waals surface area contributed by atoms with Crippen LogP contribution in [0.3, 0.4) is 0 Å². The average molecular weight is 382 g/mol. The number of nitrogens with zero attached hydrogens (tertiary/aromatic N) is 2. The van der Waals surface area contributed by atoms with Crippen LogP contribution in [0, 0.1) is 0 Å². The summed E-state index contributed by atoms with van der Waals surface area (Å²) in [4.78, 5) is 18.6. The molecule has 0 spiro atoms. The maximum absolute atomic E-state index is 13.1. The highest BCUT2D eigenvalue weighted by Crippen LogP contribution is 2.40. The predicted molar refractivity (Wildman–Crippen MR) is 99.3 cm³/mol. The molecule has 0 bridgehead atoms. The monoisotopic (exact) mass is 382 g/mol. The van der Waals surface area contributed by atoms with Crippen molar-refractivity contribution < 1.29 is 23.1 Å². The first-order valence-electron chi connectivity index (χ1n) is 8.34. The van der Waals surface area contributed by atoms with Crippen molar-refractivity contribution in [3.05, 3.63) is 83.9 Å². The second-order valence-electron chi connectivity index (χ2n) is 6.15. The van der Waals surface area contributed by atoms with Gasteiger partial charge in [0.1, 0.15) is 11.5 Å². The molecule has 3 aromatic rings. The van der Waals surface area contributed by atoms with E-state index in [2.05, 4.69) is 4.99 Å². The maximum atomic E-state index is 13.1. The Morgan fingerprint density at radius 1 is 0.857 bits per heavy atom. The second-order valence-corrected chi connectivity index (χ2v) is 6.15. The van der Waals surface area contributed by atoms with Gasteiger partial charge in [0.2, 0.25) is 0 Å². The molecule has 0 radical (unpaired) electrons. The Morgan fingerprint density at radius 2 is 1.54 bits per heavy atom. The Kier molecular flexibility index (Phi) is 4.15. The lowest BCUT2D eigenvalue weighted by Crippen LogP contribution is -2.25. The van der Waals surface area contributed by atoms with E-state index >= 15 is 0 Å². The minimum Gasteiger partial charge on any atom is -0.506 e. The summed E-state index contributed by atoms with van der Waals surface area (Å²) in [5.74, 6) is -0.619. The molecule has 0 fully saturated rings. The summed E-state index contributed by atoms with van der Waals surface area (Å²) in [5.41, 5.74) is 0.443. The molecule has 28 heavy (non-hydrogen) atoms. The van der Waals surface area contributed by atoms with Crippen LogP contribution < -0.4 is 4.90 Å². The first-order valence-corrected chi connectivity index (χ1v) is 8.34. The highest BCUT2D eigenvalue weighted by Gasteiger charge is 2.36. The highest BCUT2D eigenvalue weighted by atomic mass is 19.4. The van der Waals surface area contributed by atoms with Crippen LogP contribution in [0.2, 0.25) is 0 Å². The first kappa shape index (κ1) is 17.8. The fourth-order valence-corrected chi connectivity index (χ4v) is 3.08. The Bertz CT molecular complexity index is 1110. The predicted octanol–water partition coefficient (Wildman–Crippen LogP) is 5.21. The first-order chi connectivity index (χ1) is 13.4. The molecule has 1 heterocycles. The number of hydrogen-bond donors (Lipinski definition) is 1. The number of benzene rings is 3. The number of aliphatic imine (C=N–C) groups is 1. The highest BCUT2D eigenvalue weighted by molar-refractivity contribution is 6.56. The molecule has 0 unspecified atom stereocenters. The van der Waals surface area contributed by atoms with Crippen molar-refractivity contribution in [2.24, 2.45) is 4.99 Å². The minimum atomic E-state index is -4.50. The molecule has 1 aliphatic rings. The van der Waals surface area contributed by atoms with E-state index in [4.69, 9.17) is 0 Å². The lowest BCUT2D eigenvalue weighted by Gasteiger charge is -2.17. The average Bonchev–Trinajstić information content (AvgIpc) is 2.94. The largest absolute Gasteiger partial charge is 0.506 e. The molecule has 1 amide bonds. The summed E-state index contributed by atoms with van der Waals surface area (Å²) < 4.78 is 38.9. The van der Waals surface area contributed by atoms with Gasteiger partial charge in [0, 0.05) is 5.56 Å². The summed E-state index contributed by atoms with van der Waals surface area (Å²) in [5, 5.41) is 10.2. The van der Waals surface area contributed by atoms with Gasteiger partial charge in [-0.15, -0.1) is 0 Å². The minimum absolute atomic E-state index is 0.0122. The van der Waals surface area contributed by atoms with Crippen molar-refractivity contribution in [3.8, 4) is 5.75 Å². The second kappa shape index (κ2) is 6.53. The van der Waals surface area contributed by atoms with Crippen molar-refractivity contribution in [2.75, 3.05) is 4.90 Å². The summed E-state index contributed by atoms with van der Waals surface area (Å²) in [7, 11) is 0. The van der Waals surface area contributed by atoms with Crippen LogP contribution in [-0.4, -0.2) is 16.7 Å². The third-order valence-corrected chi connectivity index (χ3v) is 4.34. The van der Waals surface area contributed by atoms with Gasteiger partial charge in [0.15, 0.2) is 0 Å². The number of carbonyl (C=O) groups excluding carboxylic acids is 1. The topological polar surface area (TPSA) is 52.9 Å². The number of halogens is 3. The third kappa shape index (κ3) is 3.00. The van der Waals surface area contributed by atoms with Gasteiger partial charge in [-0.1, -0.05) is 36.4 Å². The van der Waals surface area contributed by atoms with E-state index in [1.807, 2.05) is 0 Å². The van der Waals surface area contributed by atoms with Gasteiger partial charge in [-0.25, -0.2) is 4.99 Å². The van der Waals surface area contributed by atoms with E-state index in [0.717, 1.165) is 12.1 Å². The lowest BCUT2D eigenvalue weighted by molar-refractivity contribution is -0.137. The fraction of sp³-hybridized carbons (Fsp3) is 0.0476.